The number of ketones is 1. The lowest BCUT2D eigenvalue weighted by atomic mass is 10.1. The van der Waals surface area contributed by atoms with Gasteiger partial charge in [0.15, 0.2) is 5.78 Å². The van der Waals surface area contributed by atoms with Crippen LogP contribution < -0.4 is 0 Å². The Hall–Kier alpha value is -1.63. The molecule has 15 heavy (non-hydrogen) atoms. The van der Waals surface area contributed by atoms with Crippen molar-refractivity contribution in [2.45, 2.75) is 20.3 Å². The van der Waals surface area contributed by atoms with Crippen molar-refractivity contribution < 1.29 is 4.79 Å². The Kier molecular flexibility index (Phi) is 2.55. The van der Waals surface area contributed by atoms with Gasteiger partial charge >= 0.3 is 0 Å². The van der Waals surface area contributed by atoms with E-state index in [4.69, 9.17) is 0 Å². The molecule has 76 valence electrons. The number of carbonyl (C=O) groups excluding carboxylic acids is 1. The lowest BCUT2D eigenvalue weighted by molar-refractivity contribution is 0.101. The third kappa shape index (κ3) is 1.65. The second-order valence-corrected chi connectivity index (χ2v) is 3.73. The van der Waals surface area contributed by atoms with Crippen LogP contribution >= 0.6 is 0 Å². The van der Waals surface area contributed by atoms with Crippen molar-refractivity contribution in [1.29, 1.82) is 0 Å². The fourth-order valence-corrected chi connectivity index (χ4v) is 1.98. The molecule has 0 aromatic carbocycles. The molecular weight excluding hydrogens is 184 g/mol. The van der Waals surface area contributed by atoms with E-state index >= 15 is 0 Å². The highest BCUT2D eigenvalue weighted by molar-refractivity contribution is 6.03. The van der Waals surface area contributed by atoms with Gasteiger partial charge in [0.1, 0.15) is 0 Å². The van der Waals surface area contributed by atoms with Gasteiger partial charge in [0, 0.05) is 5.56 Å². The fourth-order valence-electron chi connectivity index (χ4n) is 1.98. The smallest absolute Gasteiger partial charge is 0.160 e. The van der Waals surface area contributed by atoms with Gasteiger partial charge in [-0.3, -0.25) is 4.79 Å². The fraction of sp³-hybridized carbons (Fsp3) is 0.214. The number of carbonyl (C=O) groups is 1. The van der Waals surface area contributed by atoms with Gasteiger partial charge in [-0.1, -0.05) is 37.3 Å². The molecule has 2 aliphatic carbocycles. The largest absolute Gasteiger partial charge is 0.294 e. The van der Waals surface area contributed by atoms with Crippen LogP contribution in [0.1, 0.15) is 29.8 Å². The Labute approximate surface area is 90.1 Å². The Morgan fingerprint density at radius 1 is 1.13 bits per heavy atom. The number of rotatable bonds is 2. The molecule has 1 heteroatoms. The van der Waals surface area contributed by atoms with E-state index in [2.05, 4.69) is 13.0 Å². The molecule has 0 N–H and O–H groups in total. The number of hydrogen-bond acceptors (Lipinski definition) is 1. The Bertz CT molecular complexity index is 471. The van der Waals surface area contributed by atoms with Gasteiger partial charge < -0.3 is 0 Å². The van der Waals surface area contributed by atoms with Crippen molar-refractivity contribution in [3.8, 4) is 11.1 Å². The van der Waals surface area contributed by atoms with E-state index in [1.807, 2.05) is 30.3 Å². The van der Waals surface area contributed by atoms with E-state index in [9.17, 15) is 4.79 Å². The molecule has 0 heterocycles. The molecule has 2 aliphatic rings. The highest BCUT2D eigenvalue weighted by atomic mass is 16.1. The van der Waals surface area contributed by atoms with E-state index in [1.165, 1.54) is 11.1 Å². The molecule has 0 aromatic heterocycles. The average Bonchev–Trinajstić information content (AvgIpc) is 2.41. The molecule has 2 rings (SSSR count). The summed E-state index contributed by atoms with van der Waals surface area (Å²) in [6.45, 7) is 3.74. The van der Waals surface area contributed by atoms with Crippen molar-refractivity contribution in [2.75, 3.05) is 0 Å². The summed E-state index contributed by atoms with van der Waals surface area (Å²) < 4.78 is 0. The minimum Gasteiger partial charge on any atom is -0.294 e. The van der Waals surface area contributed by atoms with E-state index < -0.39 is 0 Å². The third-order valence-electron chi connectivity index (χ3n) is 2.75. The summed E-state index contributed by atoms with van der Waals surface area (Å²) >= 11 is 0. The molecule has 0 amide bonds. The van der Waals surface area contributed by atoms with Crippen LogP contribution in [0, 0.1) is 0 Å². The molecule has 0 spiro atoms. The van der Waals surface area contributed by atoms with Crippen LogP contribution in [0.3, 0.4) is 0 Å². The van der Waals surface area contributed by atoms with Crippen LogP contribution in [0.4, 0.5) is 0 Å². The molecule has 0 saturated heterocycles. The van der Waals surface area contributed by atoms with Gasteiger partial charge in [0.05, 0.1) is 0 Å². The molecule has 0 unspecified atom stereocenters. The summed E-state index contributed by atoms with van der Waals surface area (Å²) in [7, 11) is 0. The first-order valence-corrected chi connectivity index (χ1v) is 5.25. The minimum atomic E-state index is 0.144. The molecule has 0 aliphatic heterocycles. The normalized spacial score (nSPS) is 10.5. The van der Waals surface area contributed by atoms with Gasteiger partial charge in [-0.2, -0.15) is 0 Å². The SMILES string of the molecule is CCc1cc(C(C)=O)c2cccccc1-2. The summed E-state index contributed by atoms with van der Waals surface area (Å²) in [6.07, 6.45) is 0.966. The zero-order valence-electron chi connectivity index (χ0n) is 9.08. The third-order valence-corrected chi connectivity index (χ3v) is 2.75. The highest BCUT2D eigenvalue weighted by Gasteiger charge is 2.15. The lowest BCUT2D eigenvalue weighted by Crippen LogP contribution is -1.89. The van der Waals surface area contributed by atoms with Gasteiger partial charge in [0.2, 0.25) is 0 Å². The first-order chi connectivity index (χ1) is 7.24. The van der Waals surface area contributed by atoms with Crippen LogP contribution in [0.2, 0.25) is 0 Å². The van der Waals surface area contributed by atoms with Gasteiger partial charge in [0.25, 0.3) is 0 Å². The molecule has 1 nitrogen and oxygen atoms in total. The van der Waals surface area contributed by atoms with Crippen molar-refractivity contribution in [1.82, 2.24) is 0 Å². The summed E-state index contributed by atoms with van der Waals surface area (Å²) in [5.41, 5.74) is 4.38. The van der Waals surface area contributed by atoms with Gasteiger partial charge in [-0.25, -0.2) is 0 Å². The maximum Gasteiger partial charge on any atom is 0.160 e. The van der Waals surface area contributed by atoms with Gasteiger partial charge in [-0.05, 0) is 36.1 Å². The summed E-state index contributed by atoms with van der Waals surface area (Å²) in [4.78, 5) is 11.5. The number of Topliss-reactive ketones (excluding diaryl/α,β-unsaturated/α-hetero) is 1. The van der Waals surface area contributed by atoms with E-state index in [0.717, 1.165) is 17.5 Å². The second kappa shape index (κ2) is 3.85. The Morgan fingerprint density at radius 3 is 2.40 bits per heavy atom. The van der Waals surface area contributed by atoms with Crippen molar-refractivity contribution in [3.63, 3.8) is 0 Å². The van der Waals surface area contributed by atoms with Crippen LogP contribution in [-0.4, -0.2) is 5.78 Å². The maximum atomic E-state index is 11.5. The minimum absolute atomic E-state index is 0.144. The first kappa shape index (κ1) is 9.91. The lowest BCUT2D eigenvalue weighted by Gasteiger charge is -1.97. The van der Waals surface area contributed by atoms with Gasteiger partial charge in [-0.15, -0.1) is 0 Å². The standard InChI is InChI=1S/C14H14O/c1-3-11-9-14(10(2)15)13-8-6-4-5-7-12(11)13/h4-9H,3H2,1-2H3. The predicted molar refractivity (Wildman–Crippen MR) is 62.4 cm³/mol. The van der Waals surface area contributed by atoms with Crippen LogP contribution in [0.5, 0.6) is 0 Å². The van der Waals surface area contributed by atoms with E-state index in [-0.39, 0.29) is 5.78 Å². The molecule has 0 radical (unpaired) electrons. The molecule has 0 bridgehead atoms. The topological polar surface area (TPSA) is 17.1 Å². The summed E-state index contributed by atoms with van der Waals surface area (Å²) in [5, 5.41) is 0. The monoisotopic (exact) mass is 198 g/mol. The molecule has 0 saturated carbocycles. The molecular formula is C14H14O. The predicted octanol–water partition coefficient (Wildman–Crippen LogP) is 3.56. The van der Waals surface area contributed by atoms with Crippen LogP contribution in [-0.2, 0) is 6.42 Å². The molecule has 0 aromatic rings. The van der Waals surface area contributed by atoms with Crippen LogP contribution in [0.15, 0.2) is 36.4 Å². The average molecular weight is 198 g/mol. The van der Waals surface area contributed by atoms with Crippen LogP contribution in [0.25, 0.3) is 11.1 Å². The summed E-state index contributed by atoms with van der Waals surface area (Å²) in [5.74, 6) is 0.144. The van der Waals surface area contributed by atoms with Crippen molar-refractivity contribution >= 4 is 5.78 Å². The first-order valence-electron chi connectivity index (χ1n) is 5.25. The Morgan fingerprint density at radius 2 is 1.80 bits per heavy atom. The maximum absolute atomic E-state index is 11.5. The zero-order chi connectivity index (χ0) is 10.8. The molecule has 0 atom stereocenters. The second-order valence-electron chi connectivity index (χ2n) is 3.73. The quantitative estimate of drug-likeness (QED) is 0.674. The van der Waals surface area contributed by atoms with Crippen molar-refractivity contribution in [3.05, 3.63) is 47.5 Å². The summed E-state index contributed by atoms with van der Waals surface area (Å²) in [6, 6.07) is 12.1. The highest BCUT2D eigenvalue weighted by Crippen LogP contribution is 2.32. The molecule has 0 fully saturated rings. The Balaban J connectivity index is 2.73. The van der Waals surface area contributed by atoms with E-state index in [1.54, 1.807) is 6.92 Å². The number of fused-ring (bicyclic) bond motifs is 1. The number of hydrogen-bond donors (Lipinski definition) is 0. The zero-order valence-corrected chi connectivity index (χ0v) is 9.08. The number of aryl methyl sites for hydroxylation is 1. The van der Waals surface area contributed by atoms with Crippen molar-refractivity contribution in [2.24, 2.45) is 0 Å². The van der Waals surface area contributed by atoms with E-state index in [0.29, 0.717) is 0 Å².